The van der Waals surface area contributed by atoms with Crippen LogP contribution in [0.3, 0.4) is 0 Å². The van der Waals surface area contributed by atoms with Crippen LogP contribution in [0.2, 0.25) is 0 Å². The van der Waals surface area contributed by atoms with Gasteiger partial charge in [-0.15, -0.1) is 0 Å². The van der Waals surface area contributed by atoms with Crippen molar-refractivity contribution in [3.8, 4) is 6.07 Å². The van der Waals surface area contributed by atoms with Gasteiger partial charge in [0.1, 0.15) is 5.54 Å². The molecule has 0 bridgehead atoms. The summed E-state index contributed by atoms with van der Waals surface area (Å²) in [7, 11) is 0. The maximum atomic E-state index is 11.0. The lowest BCUT2D eigenvalue weighted by molar-refractivity contribution is -0.142. The molecule has 1 saturated heterocycles. The van der Waals surface area contributed by atoms with Gasteiger partial charge < -0.3 is 15.7 Å². The van der Waals surface area contributed by atoms with Gasteiger partial charge in [0.2, 0.25) is 0 Å². The van der Waals surface area contributed by atoms with Gasteiger partial charge in [0.05, 0.1) is 11.6 Å². The summed E-state index contributed by atoms with van der Waals surface area (Å²) < 4.78 is 0. The number of anilines is 1. The van der Waals surface area contributed by atoms with Crippen molar-refractivity contribution < 1.29 is 9.90 Å². The molecule has 88 valence electrons. The third-order valence-electron chi connectivity index (χ3n) is 3.09. The molecule has 0 aromatic heterocycles. The van der Waals surface area contributed by atoms with Crippen LogP contribution >= 0.6 is 0 Å². The lowest BCUT2D eigenvalue weighted by Gasteiger charge is -2.21. The Kier molecular flexibility index (Phi) is 2.74. The van der Waals surface area contributed by atoms with E-state index >= 15 is 0 Å². The number of carboxylic acid groups (broad SMARTS) is 1. The third kappa shape index (κ3) is 2.08. The minimum Gasteiger partial charge on any atom is -0.480 e. The second kappa shape index (κ2) is 4.07. The maximum Gasteiger partial charge on any atom is 0.325 e. The summed E-state index contributed by atoms with van der Waals surface area (Å²) in [5.74, 6) is -0.964. The fourth-order valence-corrected chi connectivity index (χ4v) is 1.97. The highest BCUT2D eigenvalue weighted by Gasteiger charge is 2.41. The summed E-state index contributed by atoms with van der Waals surface area (Å²) in [6, 6.07) is 9.10. The monoisotopic (exact) mass is 231 g/mol. The van der Waals surface area contributed by atoms with Crippen LogP contribution in [0, 0.1) is 11.3 Å². The van der Waals surface area contributed by atoms with Gasteiger partial charge in [0.25, 0.3) is 0 Å². The van der Waals surface area contributed by atoms with Crippen LogP contribution < -0.4 is 10.6 Å². The molecule has 17 heavy (non-hydrogen) atoms. The number of nitriles is 1. The minimum atomic E-state index is -1.16. The molecule has 1 fully saturated rings. The van der Waals surface area contributed by atoms with E-state index in [1.54, 1.807) is 12.1 Å². The second-order valence-corrected chi connectivity index (χ2v) is 4.29. The van der Waals surface area contributed by atoms with Gasteiger partial charge in [0.15, 0.2) is 0 Å². The molecule has 1 aliphatic heterocycles. The molecule has 2 rings (SSSR count). The first-order chi connectivity index (χ1) is 8.05. The highest BCUT2D eigenvalue weighted by Crippen LogP contribution is 2.25. The first kappa shape index (κ1) is 11.4. The Labute approximate surface area is 99.1 Å². The van der Waals surface area contributed by atoms with Crippen LogP contribution in [0.4, 0.5) is 5.69 Å². The number of aliphatic carboxylic acids is 1. The Morgan fingerprint density at radius 1 is 1.47 bits per heavy atom. The van der Waals surface area contributed by atoms with Crippen LogP contribution in [-0.2, 0) is 4.79 Å². The van der Waals surface area contributed by atoms with Gasteiger partial charge in [-0.25, -0.2) is 0 Å². The van der Waals surface area contributed by atoms with E-state index < -0.39 is 11.5 Å². The van der Waals surface area contributed by atoms with E-state index in [4.69, 9.17) is 16.1 Å². The molecular weight excluding hydrogens is 218 g/mol. The zero-order chi connectivity index (χ0) is 12.5. The van der Waals surface area contributed by atoms with Crippen molar-refractivity contribution in [1.82, 2.24) is 0 Å². The van der Waals surface area contributed by atoms with E-state index in [2.05, 4.69) is 0 Å². The number of nitrogens with zero attached hydrogens (tertiary/aromatic N) is 2. The summed E-state index contributed by atoms with van der Waals surface area (Å²) in [5.41, 5.74) is 6.12. The Bertz CT molecular complexity index is 478. The standard InChI is InChI=1S/C12H13N3O2/c13-7-9-1-3-10(4-2-9)15-6-5-12(14,8-15)11(16)17/h1-4H,5-6,8,14H2,(H,16,17). The molecule has 1 atom stereocenters. The minimum absolute atomic E-state index is 0.300. The topological polar surface area (TPSA) is 90.4 Å². The van der Waals surface area contributed by atoms with Gasteiger partial charge in [0, 0.05) is 18.8 Å². The van der Waals surface area contributed by atoms with Crippen molar-refractivity contribution in [3.63, 3.8) is 0 Å². The van der Waals surface area contributed by atoms with Crippen LogP contribution in [0.15, 0.2) is 24.3 Å². The zero-order valence-corrected chi connectivity index (χ0v) is 9.26. The first-order valence-electron chi connectivity index (χ1n) is 5.32. The summed E-state index contributed by atoms with van der Waals surface area (Å²) in [5, 5.41) is 17.7. The van der Waals surface area contributed by atoms with Gasteiger partial charge in [-0.1, -0.05) is 0 Å². The van der Waals surface area contributed by atoms with Crippen LogP contribution in [-0.4, -0.2) is 29.7 Å². The second-order valence-electron chi connectivity index (χ2n) is 4.29. The van der Waals surface area contributed by atoms with E-state index in [0.717, 1.165) is 5.69 Å². The molecule has 1 unspecified atom stereocenters. The largest absolute Gasteiger partial charge is 0.480 e. The van der Waals surface area contributed by atoms with E-state index in [9.17, 15) is 4.79 Å². The van der Waals surface area contributed by atoms with Crippen LogP contribution in [0.25, 0.3) is 0 Å². The Morgan fingerprint density at radius 2 is 2.12 bits per heavy atom. The molecule has 1 aromatic rings. The van der Waals surface area contributed by atoms with E-state index in [1.165, 1.54) is 0 Å². The quantitative estimate of drug-likeness (QED) is 0.775. The van der Waals surface area contributed by atoms with Crippen LogP contribution in [0.5, 0.6) is 0 Å². The highest BCUT2D eigenvalue weighted by atomic mass is 16.4. The number of carboxylic acids is 1. The van der Waals surface area contributed by atoms with Crippen molar-refractivity contribution in [2.24, 2.45) is 5.73 Å². The number of rotatable bonds is 2. The average molecular weight is 231 g/mol. The average Bonchev–Trinajstić information content (AvgIpc) is 2.74. The van der Waals surface area contributed by atoms with E-state index in [1.807, 2.05) is 23.1 Å². The smallest absolute Gasteiger partial charge is 0.325 e. The van der Waals surface area contributed by atoms with Crippen molar-refractivity contribution in [3.05, 3.63) is 29.8 Å². The summed E-state index contributed by atoms with van der Waals surface area (Å²) in [6.45, 7) is 0.920. The Hall–Kier alpha value is -2.06. The maximum absolute atomic E-state index is 11.0. The number of benzene rings is 1. The number of nitrogens with two attached hydrogens (primary N) is 1. The number of hydrogen-bond acceptors (Lipinski definition) is 4. The molecular formula is C12H13N3O2. The van der Waals surface area contributed by atoms with Crippen molar-refractivity contribution in [1.29, 1.82) is 5.26 Å². The van der Waals surface area contributed by atoms with Gasteiger partial charge in [-0.3, -0.25) is 4.79 Å². The predicted molar refractivity (Wildman–Crippen MR) is 62.5 cm³/mol. The molecule has 0 aliphatic carbocycles. The first-order valence-corrected chi connectivity index (χ1v) is 5.32. The van der Waals surface area contributed by atoms with Crippen LogP contribution in [0.1, 0.15) is 12.0 Å². The van der Waals surface area contributed by atoms with Crippen molar-refractivity contribution in [2.75, 3.05) is 18.0 Å². The van der Waals surface area contributed by atoms with E-state index in [0.29, 0.717) is 25.1 Å². The summed E-state index contributed by atoms with van der Waals surface area (Å²) in [6.07, 6.45) is 0.433. The molecule has 3 N–H and O–H groups in total. The SMILES string of the molecule is N#Cc1ccc(N2CCC(N)(C(=O)O)C2)cc1. The lowest BCUT2D eigenvalue weighted by Crippen LogP contribution is -2.50. The number of carbonyl (C=O) groups is 1. The normalized spacial score (nSPS) is 23.4. The molecule has 0 radical (unpaired) electrons. The molecule has 5 heteroatoms. The van der Waals surface area contributed by atoms with Gasteiger partial charge in [-0.2, -0.15) is 5.26 Å². The third-order valence-corrected chi connectivity index (χ3v) is 3.09. The fourth-order valence-electron chi connectivity index (χ4n) is 1.97. The molecule has 1 heterocycles. The number of hydrogen-bond donors (Lipinski definition) is 2. The molecule has 1 aliphatic rings. The molecule has 1 aromatic carbocycles. The zero-order valence-electron chi connectivity index (χ0n) is 9.26. The summed E-state index contributed by atoms with van der Waals surface area (Å²) in [4.78, 5) is 12.9. The Morgan fingerprint density at radius 3 is 2.59 bits per heavy atom. The highest BCUT2D eigenvalue weighted by molar-refractivity contribution is 5.80. The molecule has 5 nitrogen and oxygen atoms in total. The van der Waals surface area contributed by atoms with Gasteiger partial charge in [-0.05, 0) is 30.7 Å². The lowest BCUT2D eigenvalue weighted by atomic mass is 10.0. The molecule has 0 spiro atoms. The van der Waals surface area contributed by atoms with Gasteiger partial charge >= 0.3 is 5.97 Å². The fraction of sp³-hybridized carbons (Fsp3) is 0.333. The van der Waals surface area contributed by atoms with Crippen molar-refractivity contribution >= 4 is 11.7 Å². The summed E-state index contributed by atoms with van der Waals surface area (Å²) >= 11 is 0. The van der Waals surface area contributed by atoms with Crippen molar-refractivity contribution in [2.45, 2.75) is 12.0 Å². The molecule has 0 saturated carbocycles. The Balaban J connectivity index is 2.15. The predicted octanol–water partition coefficient (Wildman–Crippen LogP) is 0.550. The molecule has 0 amide bonds. The van der Waals surface area contributed by atoms with E-state index in [-0.39, 0.29) is 0 Å².